The van der Waals surface area contributed by atoms with Gasteiger partial charge in [0.15, 0.2) is 0 Å². The highest BCUT2D eigenvalue weighted by molar-refractivity contribution is 5.82. The number of fused-ring (bicyclic) bond motifs is 1. The minimum absolute atomic E-state index is 0.118. The summed E-state index contributed by atoms with van der Waals surface area (Å²) in [6, 6.07) is 11.7. The van der Waals surface area contributed by atoms with E-state index in [1.165, 1.54) is 6.07 Å². The number of hydrogen-bond acceptors (Lipinski definition) is 3. The Morgan fingerprint density at radius 2 is 1.86 bits per heavy atom. The largest absolute Gasteiger partial charge is 0.489 e. The fourth-order valence-electron chi connectivity index (χ4n) is 2.29. The summed E-state index contributed by atoms with van der Waals surface area (Å²) in [6.07, 6.45) is 0. The second-order valence-corrected chi connectivity index (χ2v) is 5.18. The highest BCUT2D eigenvalue weighted by Crippen LogP contribution is 2.24. The average molecular weight is 298 g/mol. The van der Waals surface area contributed by atoms with Crippen LogP contribution in [0.1, 0.15) is 16.7 Å². The van der Waals surface area contributed by atoms with Crippen LogP contribution < -0.4 is 10.4 Å². The molecule has 0 unspecified atom stereocenters. The fraction of sp³-hybridized carbons (Fsp3) is 0.167. The van der Waals surface area contributed by atoms with Crippen LogP contribution in [-0.2, 0) is 6.61 Å². The first-order chi connectivity index (χ1) is 10.6. The van der Waals surface area contributed by atoms with Gasteiger partial charge >= 0.3 is 5.63 Å². The Kier molecular flexibility index (Phi) is 3.67. The molecule has 0 bridgehead atoms. The van der Waals surface area contributed by atoms with Gasteiger partial charge in [0.2, 0.25) is 0 Å². The van der Waals surface area contributed by atoms with Gasteiger partial charge in [0.05, 0.1) is 0 Å². The molecule has 0 aliphatic rings. The Hall–Kier alpha value is -2.62. The molecular weight excluding hydrogens is 283 g/mol. The number of hydrogen-bond donors (Lipinski definition) is 0. The van der Waals surface area contributed by atoms with E-state index in [1.807, 2.05) is 13.0 Å². The molecule has 0 N–H and O–H groups in total. The number of benzene rings is 2. The Morgan fingerprint density at radius 3 is 2.64 bits per heavy atom. The highest BCUT2D eigenvalue weighted by atomic mass is 19.1. The fourth-order valence-corrected chi connectivity index (χ4v) is 2.29. The molecule has 3 rings (SSSR count). The quantitative estimate of drug-likeness (QED) is 0.683. The smallest absolute Gasteiger partial charge is 0.339 e. The lowest BCUT2D eigenvalue weighted by molar-refractivity contribution is 0.300. The topological polar surface area (TPSA) is 39.4 Å². The Labute approximate surface area is 127 Å². The van der Waals surface area contributed by atoms with E-state index in [-0.39, 0.29) is 18.0 Å². The summed E-state index contributed by atoms with van der Waals surface area (Å²) in [4.78, 5) is 11.7. The summed E-state index contributed by atoms with van der Waals surface area (Å²) in [5, 5.41) is 0.871. The van der Waals surface area contributed by atoms with Crippen LogP contribution in [0.5, 0.6) is 5.75 Å². The summed E-state index contributed by atoms with van der Waals surface area (Å²) < 4.78 is 24.4. The van der Waals surface area contributed by atoms with E-state index in [9.17, 15) is 9.18 Å². The maximum absolute atomic E-state index is 13.6. The first kappa shape index (κ1) is 14.3. The summed E-state index contributed by atoms with van der Waals surface area (Å²) >= 11 is 0. The van der Waals surface area contributed by atoms with Crippen molar-refractivity contribution in [2.24, 2.45) is 0 Å². The van der Waals surface area contributed by atoms with Gasteiger partial charge in [-0.3, -0.25) is 0 Å². The van der Waals surface area contributed by atoms with E-state index >= 15 is 0 Å². The predicted molar refractivity (Wildman–Crippen MR) is 82.7 cm³/mol. The summed E-state index contributed by atoms with van der Waals surface area (Å²) in [5.74, 6) is 0.225. The molecule has 0 spiro atoms. The van der Waals surface area contributed by atoms with Crippen LogP contribution in [0.15, 0.2) is 51.7 Å². The molecule has 3 nitrogen and oxygen atoms in total. The lowest BCUT2D eigenvalue weighted by atomic mass is 10.1. The monoisotopic (exact) mass is 298 g/mol. The molecule has 3 aromatic rings. The molecule has 1 heterocycles. The van der Waals surface area contributed by atoms with Crippen molar-refractivity contribution in [2.75, 3.05) is 0 Å². The second-order valence-electron chi connectivity index (χ2n) is 5.18. The third-order valence-corrected chi connectivity index (χ3v) is 3.78. The maximum Gasteiger partial charge on any atom is 0.339 e. The molecule has 0 radical (unpaired) electrons. The van der Waals surface area contributed by atoms with Gasteiger partial charge in [-0.25, -0.2) is 9.18 Å². The van der Waals surface area contributed by atoms with Crippen molar-refractivity contribution in [3.8, 4) is 5.75 Å². The normalized spacial score (nSPS) is 10.9. The molecule has 0 aliphatic heterocycles. The molecule has 22 heavy (non-hydrogen) atoms. The first-order valence-corrected chi connectivity index (χ1v) is 6.96. The van der Waals surface area contributed by atoms with Crippen LogP contribution in [0, 0.1) is 19.7 Å². The minimum Gasteiger partial charge on any atom is -0.489 e. The molecule has 0 amide bonds. The van der Waals surface area contributed by atoms with Gasteiger partial charge < -0.3 is 9.15 Å². The third-order valence-electron chi connectivity index (χ3n) is 3.78. The van der Waals surface area contributed by atoms with Crippen LogP contribution in [0.3, 0.4) is 0 Å². The summed E-state index contributed by atoms with van der Waals surface area (Å²) in [7, 11) is 0. The van der Waals surface area contributed by atoms with Crippen molar-refractivity contribution in [1.82, 2.24) is 0 Å². The van der Waals surface area contributed by atoms with Crippen molar-refractivity contribution < 1.29 is 13.5 Å². The molecule has 0 saturated carbocycles. The molecule has 0 saturated heterocycles. The van der Waals surface area contributed by atoms with Gasteiger partial charge in [-0.05, 0) is 37.6 Å². The summed E-state index contributed by atoms with van der Waals surface area (Å²) in [6.45, 7) is 3.74. The van der Waals surface area contributed by atoms with Gasteiger partial charge in [0.1, 0.15) is 23.8 Å². The standard InChI is InChI=1S/C18H15FO3/c1-11-12(2)18(20)22-17-9-14(7-8-15(11)17)21-10-13-5-3-4-6-16(13)19/h3-9H,10H2,1-2H3. The van der Waals surface area contributed by atoms with Gasteiger partial charge in [-0.1, -0.05) is 18.2 Å². The zero-order chi connectivity index (χ0) is 15.7. The van der Waals surface area contributed by atoms with Gasteiger partial charge in [-0.15, -0.1) is 0 Å². The zero-order valence-corrected chi connectivity index (χ0v) is 12.4. The molecule has 0 aliphatic carbocycles. The Balaban J connectivity index is 1.91. The van der Waals surface area contributed by atoms with E-state index in [0.717, 1.165) is 10.9 Å². The maximum atomic E-state index is 13.6. The Bertz CT molecular complexity index is 896. The molecule has 0 fully saturated rings. The molecule has 0 atom stereocenters. The van der Waals surface area contributed by atoms with Crippen LogP contribution >= 0.6 is 0 Å². The van der Waals surface area contributed by atoms with Gasteiger partial charge in [-0.2, -0.15) is 0 Å². The van der Waals surface area contributed by atoms with Crippen molar-refractivity contribution in [3.05, 3.63) is 75.4 Å². The first-order valence-electron chi connectivity index (χ1n) is 6.96. The number of halogens is 1. The molecular formula is C18H15FO3. The molecule has 112 valence electrons. The van der Waals surface area contributed by atoms with E-state index in [4.69, 9.17) is 9.15 Å². The van der Waals surface area contributed by atoms with Crippen molar-refractivity contribution >= 4 is 11.0 Å². The minimum atomic E-state index is -0.351. The van der Waals surface area contributed by atoms with Crippen molar-refractivity contribution in [2.45, 2.75) is 20.5 Å². The second kappa shape index (κ2) is 5.64. The SMILES string of the molecule is Cc1c(C)c2ccc(OCc3ccccc3F)cc2oc1=O. The predicted octanol–water partition coefficient (Wildman–Crippen LogP) is 4.13. The molecule has 2 aromatic carbocycles. The average Bonchev–Trinajstić information content (AvgIpc) is 2.52. The zero-order valence-electron chi connectivity index (χ0n) is 12.4. The Morgan fingerprint density at radius 1 is 1.09 bits per heavy atom. The molecule has 1 aromatic heterocycles. The molecule has 4 heteroatoms. The lowest BCUT2D eigenvalue weighted by Crippen LogP contribution is -2.05. The lowest BCUT2D eigenvalue weighted by Gasteiger charge is -2.09. The van der Waals surface area contributed by atoms with Crippen molar-refractivity contribution in [1.29, 1.82) is 0 Å². The third kappa shape index (κ3) is 2.60. The van der Waals surface area contributed by atoms with Gasteiger partial charge in [0, 0.05) is 22.6 Å². The van der Waals surface area contributed by atoms with E-state index < -0.39 is 0 Å². The van der Waals surface area contributed by atoms with Crippen LogP contribution in [0.25, 0.3) is 11.0 Å². The van der Waals surface area contributed by atoms with E-state index in [0.29, 0.717) is 22.5 Å². The number of aryl methyl sites for hydroxylation is 1. The van der Waals surface area contributed by atoms with Crippen LogP contribution in [0.4, 0.5) is 4.39 Å². The number of ether oxygens (including phenoxy) is 1. The summed E-state index contributed by atoms with van der Waals surface area (Å²) in [5.41, 5.74) is 2.10. The van der Waals surface area contributed by atoms with Crippen LogP contribution in [-0.4, -0.2) is 0 Å². The number of rotatable bonds is 3. The highest BCUT2D eigenvalue weighted by Gasteiger charge is 2.09. The van der Waals surface area contributed by atoms with Crippen molar-refractivity contribution in [3.63, 3.8) is 0 Å². The van der Waals surface area contributed by atoms with Gasteiger partial charge in [0.25, 0.3) is 0 Å². The van der Waals surface area contributed by atoms with E-state index in [2.05, 4.69) is 0 Å². The van der Waals surface area contributed by atoms with E-state index in [1.54, 1.807) is 37.3 Å². The van der Waals surface area contributed by atoms with Crippen LogP contribution in [0.2, 0.25) is 0 Å².